The smallest absolute Gasteiger partial charge is 0.213 e. The van der Waals surface area contributed by atoms with Gasteiger partial charge in [-0.3, -0.25) is 4.90 Å². The van der Waals surface area contributed by atoms with Crippen LogP contribution in [0.2, 0.25) is 0 Å². The molecule has 42 heavy (non-hydrogen) atoms. The zero-order chi connectivity index (χ0) is 29.6. The zero-order valence-electron chi connectivity index (χ0n) is 25.0. The van der Waals surface area contributed by atoms with E-state index in [0.29, 0.717) is 23.9 Å². The maximum Gasteiger partial charge on any atom is 0.213 e. The zero-order valence-corrected chi connectivity index (χ0v) is 25.0. The Morgan fingerprint density at radius 2 is 1.98 bits per heavy atom. The maximum absolute atomic E-state index is 15.1. The number of pyridine rings is 1. The van der Waals surface area contributed by atoms with E-state index in [1.54, 1.807) is 13.0 Å². The van der Waals surface area contributed by atoms with Crippen molar-refractivity contribution in [3.05, 3.63) is 76.7 Å². The van der Waals surface area contributed by atoms with Gasteiger partial charge in [0.15, 0.2) is 0 Å². The molecule has 7 heteroatoms. The van der Waals surface area contributed by atoms with Crippen molar-refractivity contribution in [2.24, 2.45) is 17.3 Å². The summed E-state index contributed by atoms with van der Waals surface area (Å²) in [6, 6.07) is 14.1. The number of carboxylic acids is 1. The Morgan fingerprint density at radius 1 is 1.17 bits per heavy atom. The summed E-state index contributed by atoms with van der Waals surface area (Å²) in [7, 11) is 1.54. The third-order valence-electron chi connectivity index (χ3n) is 9.44. The molecule has 1 aromatic heterocycles. The molecule has 6 nitrogen and oxygen atoms in total. The minimum absolute atomic E-state index is 0.0628. The van der Waals surface area contributed by atoms with E-state index in [4.69, 9.17) is 9.47 Å². The molecule has 0 bridgehead atoms. The number of fused-ring (bicyclic) bond motifs is 1. The quantitative estimate of drug-likeness (QED) is 0.310. The van der Waals surface area contributed by atoms with Crippen molar-refractivity contribution in [2.45, 2.75) is 71.4 Å². The third-order valence-corrected chi connectivity index (χ3v) is 9.44. The first-order chi connectivity index (χ1) is 20.1. The highest BCUT2D eigenvalue weighted by atomic mass is 19.1. The van der Waals surface area contributed by atoms with Crippen molar-refractivity contribution < 1.29 is 23.8 Å². The largest absolute Gasteiger partial charge is 0.550 e. The lowest BCUT2D eigenvalue weighted by Gasteiger charge is -2.30. The Bertz CT molecular complexity index is 1480. The molecule has 2 fully saturated rings. The highest BCUT2D eigenvalue weighted by molar-refractivity contribution is 5.70. The van der Waals surface area contributed by atoms with Crippen LogP contribution in [-0.4, -0.2) is 36.1 Å². The molecule has 3 aromatic rings. The minimum Gasteiger partial charge on any atom is -0.550 e. The number of rotatable bonds is 9. The molecule has 1 aliphatic carbocycles. The standard InChI is InChI=1S/C35H41FN2O4/c1-21(34(39)40)33(23-6-7-23)25-8-5-22-10-12-30(42-31(22)16-25)24-9-11-27(28-17-32(41-4)37-18-29(28)36)26(15-24)19-38-14-13-35(2,3)20-38/h5,8-9,11,15-18,21,23,30,33H,6-7,10,12-14,19-20H2,1-4H3,(H,39,40)/p-1/t21-,30?,33-/m0/s1. The molecule has 1 saturated carbocycles. The number of benzene rings is 2. The number of nitrogens with zero attached hydrogens (tertiary/aromatic N) is 2. The van der Waals surface area contributed by atoms with E-state index < -0.39 is 11.9 Å². The second-order valence-electron chi connectivity index (χ2n) is 13.2. The van der Waals surface area contributed by atoms with Crippen LogP contribution in [0.3, 0.4) is 0 Å². The van der Waals surface area contributed by atoms with Gasteiger partial charge < -0.3 is 19.4 Å². The summed E-state index contributed by atoms with van der Waals surface area (Å²) in [4.78, 5) is 18.3. The Hall–Kier alpha value is -3.45. The average molecular weight is 572 g/mol. The summed E-state index contributed by atoms with van der Waals surface area (Å²) in [6.07, 6.45) is 6.01. The fraction of sp³-hybridized carbons (Fsp3) is 0.486. The molecule has 2 aromatic carbocycles. The van der Waals surface area contributed by atoms with Gasteiger partial charge in [0.1, 0.15) is 17.7 Å². The van der Waals surface area contributed by atoms with Gasteiger partial charge in [-0.05, 0) is 89.8 Å². The van der Waals surface area contributed by atoms with E-state index in [9.17, 15) is 9.90 Å². The van der Waals surface area contributed by atoms with Crippen LogP contribution in [0.4, 0.5) is 4.39 Å². The summed E-state index contributed by atoms with van der Waals surface area (Å²) in [6.45, 7) is 9.05. The van der Waals surface area contributed by atoms with Gasteiger partial charge in [0.25, 0.3) is 0 Å². The summed E-state index contributed by atoms with van der Waals surface area (Å²) in [5.41, 5.74) is 5.85. The number of carbonyl (C=O) groups excluding carboxylic acids is 1. The number of carboxylic acid groups (broad SMARTS) is 1. The molecule has 222 valence electrons. The number of hydrogen-bond acceptors (Lipinski definition) is 6. The number of carbonyl (C=O) groups is 1. The van der Waals surface area contributed by atoms with Crippen LogP contribution in [0.1, 0.15) is 80.7 Å². The number of hydrogen-bond donors (Lipinski definition) is 0. The van der Waals surface area contributed by atoms with Crippen LogP contribution < -0.4 is 14.6 Å². The number of aryl methyl sites for hydroxylation is 1. The van der Waals surface area contributed by atoms with Gasteiger partial charge in [0.05, 0.1) is 13.3 Å². The SMILES string of the molecule is COc1cc(-c2ccc(C3CCc4ccc([C@H](C5CC5)[C@H](C)C(=O)[O-])cc4O3)cc2CN2CCC(C)(C)C2)c(F)cn1. The van der Waals surface area contributed by atoms with E-state index >= 15 is 4.39 Å². The van der Waals surface area contributed by atoms with E-state index in [1.807, 2.05) is 12.1 Å². The average Bonchev–Trinajstić information content (AvgIpc) is 3.75. The highest BCUT2D eigenvalue weighted by Crippen LogP contribution is 2.48. The summed E-state index contributed by atoms with van der Waals surface area (Å²) >= 11 is 0. The van der Waals surface area contributed by atoms with E-state index in [-0.39, 0.29) is 23.3 Å². The first-order valence-electron chi connectivity index (χ1n) is 15.2. The molecule has 0 spiro atoms. The molecule has 3 heterocycles. The molecule has 0 amide bonds. The van der Waals surface area contributed by atoms with Crippen LogP contribution in [-0.2, 0) is 17.8 Å². The molecule has 3 aliphatic rings. The van der Waals surface area contributed by atoms with Gasteiger partial charge in [-0.1, -0.05) is 51.1 Å². The predicted molar refractivity (Wildman–Crippen MR) is 158 cm³/mol. The van der Waals surface area contributed by atoms with Gasteiger partial charge in [0.2, 0.25) is 5.88 Å². The normalized spacial score (nSPS) is 21.3. The Kier molecular flexibility index (Phi) is 7.73. The monoisotopic (exact) mass is 571 g/mol. The van der Waals surface area contributed by atoms with Gasteiger partial charge in [-0.25, -0.2) is 9.37 Å². The molecule has 0 radical (unpaired) electrons. The topological polar surface area (TPSA) is 74.7 Å². The molecular formula is C35H40FN2O4-. The van der Waals surface area contributed by atoms with Gasteiger partial charge >= 0.3 is 0 Å². The van der Waals surface area contributed by atoms with Crippen molar-refractivity contribution in [3.8, 4) is 22.8 Å². The third kappa shape index (κ3) is 5.89. The lowest BCUT2D eigenvalue weighted by atomic mass is 9.82. The molecule has 1 saturated heterocycles. The maximum atomic E-state index is 15.1. The van der Waals surface area contributed by atoms with Crippen LogP contribution in [0.25, 0.3) is 11.1 Å². The van der Waals surface area contributed by atoms with Crippen molar-refractivity contribution in [2.75, 3.05) is 20.2 Å². The summed E-state index contributed by atoms with van der Waals surface area (Å²) in [5, 5.41) is 11.8. The number of aliphatic carboxylic acids is 1. The molecule has 2 aliphatic heterocycles. The fourth-order valence-electron chi connectivity index (χ4n) is 6.94. The molecule has 1 unspecified atom stereocenters. The second-order valence-corrected chi connectivity index (χ2v) is 13.2. The van der Waals surface area contributed by atoms with Crippen LogP contribution in [0.15, 0.2) is 48.7 Å². The Morgan fingerprint density at radius 3 is 2.67 bits per heavy atom. The van der Waals surface area contributed by atoms with Crippen molar-refractivity contribution in [1.29, 1.82) is 0 Å². The lowest BCUT2D eigenvalue weighted by Crippen LogP contribution is -2.34. The van der Waals surface area contributed by atoms with Crippen molar-refractivity contribution in [3.63, 3.8) is 0 Å². The number of likely N-dealkylation sites (tertiary alicyclic amines) is 1. The van der Waals surface area contributed by atoms with Gasteiger partial charge in [-0.2, -0.15) is 0 Å². The number of aromatic nitrogens is 1. The van der Waals surface area contributed by atoms with Gasteiger partial charge in [-0.15, -0.1) is 0 Å². The van der Waals surface area contributed by atoms with Gasteiger partial charge in [0, 0.05) is 36.6 Å². The number of ether oxygens (including phenoxy) is 2. The lowest BCUT2D eigenvalue weighted by molar-refractivity contribution is -0.311. The minimum atomic E-state index is -0.999. The number of halogens is 1. The number of methoxy groups -OCH3 is 1. The Labute approximate surface area is 247 Å². The molecular weight excluding hydrogens is 531 g/mol. The van der Waals surface area contributed by atoms with Crippen molar-refractivity contribution in [1.82, 2.24) is 9.88 Å². The van der Waals surface area contributed by atoms with Crippen LogP contribution in [0.5, 0.6) is 11.6 Å². The fourth-order valence-corrected chi connectivity index (χ4v) is 6.94. The van der Waals surface area contributed by atoms with E-state index in [0.717, 1.165) is 78.8 Å². The molecule has 3 atom stereocenters. The first-order valence-corrected chi connectivity index (χ1v) is 15.2. The molecule has 0 N–H and O–H groups in total. The molecule has 6 rings (SSSR count). The Balaban J connectivity index is 1.32. The predicted octanol–water partition coefficient (Wildman–Crippen LogP) is 6.07. The van der Waals surface area contributed by atoms with Crippen LogP contribution in [0, 0.1) is 23.1 Å². The van der Waals surface area contributed by atoms with E-state index in [1.165, 1.54) is 13.3 Å². The van der Waals surface area contributed by atoms with Crippen LogP contribution >= 0.6 is 0 Å². The van der Waals surface area contributed by atoms with Crippen molar-refractivity contribution >= 4 is 5.97 Å². The summed E-state index contributed by atoms with van der Waals surface area (Å²) in [5.74, 6) is -0.396. The summed E-state index contributed by atoms with van der Waals surface area (Å²) < 4.78 is 27.0. The highest BCUT2D eigenvalue weighted by Gasteiger charge is 2.37. The van der Waals surface area contributed by atoms with E-state index in [2.05, 4.69) is 48.0 Å². The first kappa shape index (κ1) is 28.7. The second kappa shape index (κ2) is 11.3.